The average Bonchev–Trinajstić information content (AvgIpc) is 2.87. The van der Waals surface area contributed by atoms with E-state index in [1.54, 1.807) is 20.8 Å². The Morgan fingerprint density at radius 2 is 2.07 bits per heavy atom. The zero-order chi connectivity index (χ0) is 20.5. The zero-order valence-corrected chi connectivity index (χ0v) is 16.1. The molecule has 0 amide bonds. The third-order valence-corrected chi connectivity index (χ3v) is 5.62. The fourth-order valence-electron chi connectivity index (χ4n) is 3.48. The first-order chi connectivity index (χ1) is 12.6. The summed E-state index contributed by atoms with van der Waals surface area (Å²) in [6.07, 6.45) is 0.261. The normalized spacial score (nSPS) is 34.8. The Hall–Kier alpha value is -2.28. The third kappa shape index (κ3) is 3.48. The van der Waals surface area contributed by atoms with Gasteiger partial charge in [-0.2, -0.15) is 0 Å². The Kier molecular flexibility index (Phi) is 6.04. The second-order valence-corrected chi connectivity index (χ2v) is 7.25. The van der Waals surface area contributed by atoms with E-state index in [1.165, 1.54) is 13.0 Å². The van der Waals surface area contributed by atoms with E-state index < -0.39 is 59.1 Å². The van der Waals surface area contributed by atoms with E-state index in [2.05, 4.69) is 6.58 Å². The van der Waals surface area contributed by atoms with Crippen molar-refractivity contribution in [2.75, 3.05) is 0 Å². The minimum atomic E-state index is -2.34. The molecule has 1 heterocycles. The molecule has 2 aliphatic rings. The topological polar surface area (TPSA) is 107 Å². The van der Waals surface area contributed by atoms with Gasteiger partial charge in [-0.3, -0.25) is 14.4 Å². The first-order valence-electron chi connectivity index (χ1n) is 9.11. The summed E-state index contributed by atoms with van der Waals surface area (Å²) in [6.45, 7) is 10.1. The highest BCUT2D eigenvalue weighted by atomic mass is 16.6. The molecule has 148 valence electrons. The van der Waals surface area contributed by atoms with E-state index in [4.69, 9.17) is 9.47 Å². The molecule has 1 N–H and O–H groups in total. The number of hydrogen-bond donors (Lipinski definition) is 1. The summed E-state index contributed by atoms with van der Waals surface area (Å²) in [5.74, 6) is -4.95. The van der Waals surface area contributed by atoms with E-state index in [1.807, 2.05) is 0 Å². The van der Waals surface area contributed by atoms with Crippen molar-refractivity contribution >= 4 is 23.5 Å². The lowest BCUT2D eigenvalue weighted by molar-refractivity contribution is -0.197. The lowest BCUT2D eigenvalue weighted by Crippen LogP contribution is -2.60. The zero-order valence-electron chi connectivity index (χ0n) is 16.1. The minimum Gasteiger partial charge on any atom is -0.455 e. The van der Waals surface area contributed by atoms with Crippen LogP contribution in [0.4, 0.5) is 0 Å². The van der Waals surface area contributed by atoms with Crippen molar-refractivity contribution in [2.45, 2.75) is 58.3 Å². The van der Waals surface area contributed by atoms with Crippen LogP contribution in [-0.2, 0) is 28.7 Å². The van der Waals surface area contributed by atoms with Gasteiger partial charge in [0.25, 0.3) is 0 Å². The van der Waals surface area contributed by atoms with Crippen LogP contribution in [0.5, 0.6) is 0 Å². The molecule has 1 saturated heterocycles. The summed E-state index contributed by atoms with van der Waals surface area (Å²) in [6, 6.07) is 0. The molecule has 0 bridgehead atoms. The van der Waals surface area contributed by atoms with Crippen LogP contribution < -0.4 is 0 Å². The summed E-state index contributed by atoms with van der Waals surface area (Å²) < 4.78 is 10.8. The number of hydrogen-bond acceptors (Lipinski definition) is 7. The molecular weight excluding hydrogens is 352 g/mol. The smallest absolute Gasteiger partial charge is 0.334 e. The van der Waals surface area contributed by atoms with Gasteiger partial charge in [-0.15, -0.1) is 0 Å². The van der Waals surface area contributed by atoms with Crippen molar-refractivity contribution < 1.29 is 33.8 Å². The number of fused-ring (bicyclic) bond motifs is 1. The Morgan fingerprint density at radius 3 is 2.63 bits per heavy atom. The molecule has 0 aromatic heterocycles. The molecule has 1 aliphatic carbocycles. The summed E-state index contributed by atoms with van der Waals surface area (Å²) in [4.78, 5) is 49.9. The quantitative estimate of drug-likeness (QED) is 0.571. The summed E-state index contributed by atoms with van der Waals surface area (Å²) in [5.41, 5.74) is -2.26. The number of ether oxygens (including phenoxy) is 2. The minimum absolute atomic E-state index is 0.0767. The van der Waals surface area contributed by atoms with Crippen molar-refractivity contribution in [1.82, 2.24) is 0 Å². The van der Waals surface area contributed by atoms with E-state index >= 15 is 0 Å². The Balaban J connectivity index is 2.59. The van der Waals surface area contributed by atoms with Crippen LogP contribution in [0, 0.1) is 17.8 Å². The Labute approximate surface area is 158 Å². The first kappa shape index (κ1) is 21.0. The molecular formula is C20H26O7. The number of esters is 2. The Morgan fingerprint density at radius 1 is 1.44 bits per heavy atom. The highest BCUT2D eigenvalue weighted by molar-refractivity contribution is 6.03. The van der Waals surface area contributed by atoms with Crippen LogP contribution in [-0.4, -0.2) is 46.4 Å². The van der Waals surface area contributed by atoms with Crippen molar-refractivity contribution in [3.63, 3.8) is 0 Å². The van der Waals surface area contributed by atoms with Crippen molar-refractivity contribution in [3.8, 4) is 0 Å². The van der Waals surface area contributed by atoms with Crippen LogP contribution in [0.25, 0.3) is 0 Å². The number of ketones is 2. The van der Waals surface area contributed by atoms with Crippen LogP contribution in [0.2, 0.25) is 0 Å². The van der Waals surface area contributed by atoms with Gasteiger partial charge < -0.3 is 14.6 Å². The van der Waals surface area contributed by atoms with Crippen LogP contribution in [0.3, 0.4) is 0 Å². The van der Waals surface area contributed by atoms with E-state index in [-0.39, 0.29) is 12.0 Å². The molecule has 7 nitrogen and oxygen atoms in total. The standard InChI is InChI=1S/C20H26O7/c1-6-8-15(22)20(25)12(5)14(21)9-13-11(4)19(24)26-16(13)17(20)27-18(23)10(3)7-2/h6,8,10,12-13,16-17,25H,4,7,9H2,1-3,5H3/b8-6+/t10-,12+,13+,16-,17+,20-/m1/s1. The number of aliphatic hydroxyl groups is 1. The van der Waals surface area contributed by atoms with Gasteiger partial charge in [0.1, 0.15) is 11.9 Å². The molecule has 0 spiro atoms. The molecule has 0 aromatic rings. The summed E-state index contributed by atoms with van der Waals surface area (Å²) in [7, 11) is 0. The lowest BCUT2D eigenvalue weighted by Gasteiger charge is -2.38. The Bertz CT molecular complexity index is 707. The van der Waals surface area contributed by atoms with Crippen LogP contribution in [0.1, 0.15) is 40.5 Å². The molecule has 6 atom stereocenters. The third-order valence-electron chi connectivity index (χ3n) is 5.62. The lowest BCUT2D eigenvalue weighted by atomic mass is 9.77. The largest absolute Gasteiger partial charge is 0.455 e. The summed E-state index contributed by atoms with van der Waals surface area (Å²) in [5, 5.41) is 11.4. The number of carbonyl (C=O) groups excluding carboxylic acids is 4. The van der Waals surface area contributed by atoms with Gasteiger partial charge in [0.15, 0.2) is 17.5 Å². The molecule has 1 aliphatic heterocycles. The fourth-order valence-corrected chi connectivity index (χ4v) is 3.48. The maximum absolute atomic E-state index is 12.8. The number of carbonyl (C=O) groups is 4. The van der Waals surface area contributed by atoms with E-state index in [0.29, 0.717) is 6.42 Å². The number of Topliss-reactive ketones (excluding diaryl/α,β-unsaturated/α-hetero) is 1. The second kappa shape index (κ2) is 7.76. The molecule has 27 heavy (non-hydrogen) atoms. The van der Waals surface area contributed by atoms with Gasteiger partial charge in [0, 0.05) is 17.9 Å². The van der Waals surface area contributed by atoms with Gasteiger partial charge >= 0.3 is 11.9 Å². The maximum atomic E-state index is 12.8. The number of allylic oxidation sites excluding steroid dienone is 1. The van der Waals surface area contributed by atoms with Crippen LogP contribution in [0.15, 0.2) is 24.3 Å². The molecule has 1 saturated carbocycles. The van der Waals surface area contributed by atoms with Gasteiger partial charge in [-0.05, 0) is 19.4 Å². The SMILES string of the molecule is C=C1C(=O)O[C@@H]2[C@H]1CC(=O)[C@H](C)[C@@](O)(C(=O)/C=C/C)[C@H]2OC(=O)[C@H](C)CC. The number of rotatable bonds is 5. The van der Waals surface area contributed by atoms with E-state index in [0.717, 1.165) is 6.08 Å². The molecule has 2 rings (SSSR count). The first-order valence-corrected chi connectivity index (χ1v) is 9.11. The second-order valence-electron chi connectivity index (χ2n) is 7.25. The van der Waals surface area contributed by atoms with Gasteiger partial charge in [-0.1, -0.05) is 33.4 Å². The van der Waals surface area contributed by atoms with Crippen molar-refractivity contribution in [1.29, 1.82) is 0 Å². The summed E-state index contributed by atoms with van der Waals surface area (Å²) >= 11 is 0. The van der Waals surface area contributed by atoms with Crippen molar-refractivity contribution in [2.24, 2.45) is 17.8 Å². The molecule has 2 fully saturated rings. The molecule has 0 aromatic carbocycles. The highest BCUT2D eigenvalue weighted by Gasteiger charge is 2.62. The van der Waals surface area contributed by atoms with Gasteiger partial charge in [-0.25, -0.2) is 4.79 Å². The molecule has 7 heteroatoms. The maximum Gasteiger partial charge on any atom is 0.334 e. The molecule has 0 unspecified atom stereocenters. The monoisotopic (exact) mass is 378 g/mol. The van der Waals surface area contributed by atoms with E-state index in [9.17, 15) is 24.3 Å². The predicted molar refractivity (Wildman–Crippen MR) is 95.4 cm³/mol. The van der Waals surface area contributed by atoms with Gasteiger partial charge in [0.05, 0.1) is 11.8 Å². The van der Waals surface area contributed by atoms with Gasteiger partial charge in [0.2, 0.25) is 0 Å². The van der Waals surface area contributed by atoms with Crippen molar-refractivity contribution in [3.05, 3.63) is 24.3 Å². The highest BCUT2D eigenvalue weighted by Crippen LogP contribution is 2.43. The average molecular weight is 378 g/mol. The molecule has 0 radical (unpaired) electrons. The van der Waals surface area contributed by atoms with Crippen LogP contribution >= 0.6 is 0 Å². The fraction of sp³-hybridized carbons (Fsp3) is 0.600. The predicted octanol–water partition coefficient (Wildman–Crippen LogP) is 1.53.